The van der Waals surface area contributed by atoms with Crippen LogP contribution in [0.1, 0.15) is 58.3 Å². The Kier molecular flexibility index (Phi) is 7.63. The van der Waals surface area contributed by atoms with E-state index in [0.29, 0.717) is 0 Å². The molecular formula is C18H35N3O2. The molecule has 1 heterocycles. The maximum atomic E-state index is 12.4. The van der Waals surface area contributed by atoms with Gasteiger partial charge in [-0.3, -0.25) is 0 Å². The number of hydrogen-bond donors (Lipinski definition) is 2. The number of likely N-dealkylation sites (tertiary alicyclic amines) is 1. The van der Waals surface area contributed by atoms with Gasteiger partial charge in [-0.2, -0.15) is 0 Å². The minimum Gasteiger partial charge on any atom is -0.393 e. The molecule has 0 unspecified atom stereocenters. The largest absolute Gasteiger partial charge is 0.393 e. The van der Waals surface area contributed by atoms with Crippen LogP contribution >= 0.6 is 0 Å². The highest BCUT2D eigenvalue weighted by Gasteiger charge is 2.26. The zero-order chi connectivity index (χ0) is 16.7. The first kappa shape index (κ1) is 18.5. The number of aliphatic hydroxyl groups excluding tert-OH is 1. The third-order valence-electron chi connectivity index (χ3n) is 5.39. The van der Waals surface area contributed by atoms with Crippen LogP contribution < -0.4 is 5.32 Å². The van der Waals surface area contributed by atoms with E-state index in [-0.39, 0.29) is 18.2 Å². The first-order valence-electron chi connectivity index (χ1n) is 9.50. The lowest BCUT2D eigenvalue weighted by Crippen LogP contribution is -2.49. The maximum Gasteiger partial charge on any atom is 0.317 e. The Morgan fingerprint density at radius 3 is 2.43 bits per heavy atom. The Morgan fingerprint density at radius 2 is 1.83 bits per heavy atom. The smallest absolute Gasteiger partial charge is 0.317 e. The Balaban J connectivity index is 1.64. The topological polar surface area (TPSA) is 55.8 Å². The second-order valence-electron chi connectivity index (χ2n) is 7.50. The monoisotopic (exact) mass is 325 g/mol. The van der Waals surface area contributed by atoms with Crippen molar-refractivity contribution in [1.82, 2.24) is 15.1 Å². The van der Waals surface area contributed by atoms with E-state index in [4.69, 9.17) is 0 Å². The van der Waals surface area contributed by atoms with Gasteiger partial charge in [0.2, 0.25) is 0 Å². The van der Waals surface area contributed by atoms with Crippen molar-refractivity contribution >= 4 is 6.03 Å². The number of piperidine rings is 1. The molecule has 2 fully saturated rings. The van der Waals surface area contributed by atoms with Crippen molar-refractivity contribution in [3.63, 3.8) is 0 Å². The van der Waals surface area contributed by atoms with E-state index in [1.54, 1.807) is 0 Å². The molecule has 0 aromatic carbocycles. The molecule has 0 spiro atoms. The number of carbonyl (C=O) groups is 1. The van der Waals surface area contributed by atoms with Gasteiger partial charge in [0, 0.05) is 25.7 Å². The molecule has 1 saturated carbocycles. The average Bonchev–Trinajstić information content (AvgIpc) is 2.55. The molecule has 134 valence electrons. The van der Waals surface area contributed by atoms with E-state index in [1.165, 1.54) is 19.4 Å². The Bertz CT molecular complexity index is 348. The number of nitrogens with one attached hydrogen (secondary N) is 1. The fourth-order valence-electron chi connectivity index (χ4n) is 3.76. The molecule has 2 rings (SSSR count). The number of rotatable bonds is 6. The van der Waals surface area contributed by atoms with Crippen LogP contribution in [0.2, 0.25) is 0 Å². The van der Waals surface area contributed by atoms with Gasteiger partial charge in [0.05, 0.1) is 6.10 Å². The standard InChI is InChI=1S/C18H35N3O2/c1-3-4-11-20(2)14-15-9-12-21(13-10-15)18(23)19-16-5-7-17(22)8-6-16/h15-17,22H,3-14H2,1-2H3,(H,19,23). The van der Waals surface area contributed by atoms with Crippen molar-refractivity contribution in [2.45, 2.75) is 70.4 Å². The molecule has 2 aliphatic rings. The van der Waals surface area contributed by atoms with Crippen LogP contribution in [0, 0.1) is 5.92 Å². The summed E-state index contributed by atoms with van der Waals surface area (Å²) < 4.78 is 0. The molecule has 0 atom stereocenters. The summed E-state index contributed by atoms with van der Waals surface area (Å²) in [6, 6.07) is 0.355. The minimum absolute atomic E-state index is 0.101. The average molecular weight is 325 g/mol. The van der Waals surface area contributed by atoms with Crippen molar-refractivity contribution in [2.24, 2.45) is 5.92 Å². The normalized spacial score (nSPS) is 26.5. The molecule has 2 N–H and O–H groups in total. The van der Waals surface area contributed by atoms with Crippen LogP contribution in [0.4, 0.5) is 4.79 Å². The number of carbonyl (C=O) groups excluding carboxylic acids is 1. The number of aliphatic hydroxyl groups is 1. The molecule has 5 heteroatoms. The second kappa shape index (κ2) is 9.48. The summed E-state index contributed by atoms with van der Waals surface area (Å²) in [6.07, 6.45) is 8.05. The molecule has 0 aromatic rings. The lowest BCUT2D eigenvalue weighted by molar-refractivity contribution is 0.112. The fourth-order valence-corrected chi connectivity index (χ4v) is 3.76. The molecule has 0 aromatic heterocycles. The van der Waals surface area contributed by atoms with E-state index >= 15 is 0 Å². The van der Waals surface area contributed by atoms with Crippen molar-refractivity contribution in [3.8, 4) is 0 Å². The quantitative estimate of drug-likeness (QED) is 0.789. The summed E-state index contributed by atoms with van der Waals surface area (Å²) >= 11 is 0. The third-order valence-corrected chi connectivity index (χ3v) is 5.39. The van der Waals surface area contributed by atoms with E-state index in [0.717, 1.165) is 64.1 Å². The van der Waals surface area contributed by atoms with Crippen molar-refractivity contribution in [1.29, 1.82) is 0 Å². The summed E-state index contributed by atoms with van der Waals surface area (Å²) in [5, 5.41) is 12.7. The Labute approximate surface area is 141 Å². The van der Waals surface area contributed by atoms with Crippen molar-refractivity contribution in [2.75, 3.05) is 33.2 Å². The van der Waals surface area contributed by atoms with Crippen LogP contribution in [0.15, 0.2) is 0 Å². The number of unbranched alkanes of at least 4 members (excludes halogenated alkanes) is 1. The number of nitrogens with zero attached hydrogens (tertiary/aromatic N) is 2. The predicted octanol–water partition coefficient (Wildman–Crippen LogP) is 2.44. The van der Waals surface area contributed by atoms with Gasteiger partial charge in [-0.15, -0.1) is 0 Å². The van der Waals surface area contributed by atoms with Gasteiger partial charge in [0.1, 0.15) is 0 Å². The zero-order valence-electron chi connectivity index (χ0n) is 15.0. The fraction of sp³-hybridized carbons (Fsp3) is 0.944. The van der Waals surface area contributed by atoms with Gasteiger partial charge in [-0.1, -0.05) is 13.3 Å². The first-order valence-corrected chi connectivity index (χ1v) is 9.50. The highest BCUT2D eigenvalue weighted by Crippen LogP contribution is 2.21. The molecule has 1 saturated heterocycles. The van der Waals surface area contributed by atoms with Gasteiger partial charge >= 0.3 is 6.03 Å². The van der Waals surface area contributed by atoms with Crippen LogP contribution in [-0.4, -0.2) is 66.3 Å². The van der Waals surface area contributed by atoms with Gasteiger partial charge in [-0.25, -0.2) is 4.79 Å². The summed E-state index contributed by atoms with van der Waals surface area (Å²) in [4.78, 5) is 16.8. The molecule has 1 aliphatic heterocycles. The Morgan fingerprint density at radius 1 is 1.17 bits per heavy atom. The predicted molar refractivity (Wildman–Crippen MR) is 93.5 cm³/mol. The molecule has 5 nitrogen and oxygen atoms in total. The summed E-state index contributed by atoms with van der Waals surface area (Å²) in [5.41, 5.74) is 0. The number of amides is 2. The molecular weight excluding hydrogens is 290 g/mol. The van der Waals surface area contributed by atoms with Crippen LogP contribution in [0.5, 0.6) is 0 Å². The van der Waals surface area contributed by atoms with Crippen LogP contribution in [0.25, 0.3) is 0 Å². The highest BCUT2D eigenvalue weighted by molar-refractivity contribution is 5.74. The highest BCUT2D eigenvalue weighted by atomic mass is 16.3. The zero-order valence-corrected chi connectivity index (χ0v) is 15.0. The first-order chi connectivity index (χ1) is 11.1. The van der Waals surface area contributed by atoms with Crippen molar-refractivity contribution in [3.05, 3.63) is 0 Å². The third kappa shape index (κ3) is 6.30. The summed E-state index contributed by atoms with van der Waals surface area (Å²) in [6.45, 7) is 6.35. The van der Waals surface area contributed by atoms with Gasteiger partial charge in [0.25, 0.3) is 0 Å². The lowest BCUT2D eigenvalue weighted by Gasteiger charge is -2.35. The Hall–Kier alpha value is -0.810. The van der Waals surface area contributed by atoms with E-state index in [9.17, 15) is 9.90 Å². The van der Waals surface area contributed by atoms with Crippen LogP contribution in [-0.2, 0) is 0 Å². The molecule has 0 radical (unpaired) electrons. The summed E-state index contributed by atoms with van der Waals surface area (Å²) in [7, 11) is 2.21. The van der Waals surface area contributed by atoms with Crippen molar-refractivity contribution < 1.29 is 9.90 Å². The molecule has 2 amide bonds. The van der Waals surface area contributed by atoms with E-state index in [1.807, 2.05) is 4.90 Å². The van der Waals surface area contributed by atoms with Gasteiger partial charge in [-0.05, 0) is 64.5 Å². The minimum atomic E-state index is -0.163. The molecule has 1 aliphatic carbocycles. The van der Waals surface area contributed by atoms with Crippen LogP contribution in [0.3, 0.4) is 0 Å². The van der Waals surface area contributed by atoms with E-state index in [2.05, 4.69) is 24.2 Å². The van der Waals surface area contributed by atoms with Gasteiger partial charge in [0.15, 0.2) is 0 Å². The van der Waals surface area contributed by atoms with Gasteiger partial charge < -0.3 is 20.2 Å². The molecule has 0 bridgehead atoms. The van der Waals surface area contributed by atoms with E-state index < -0.39 is 0 Å². The lowest BCUT2D eigenvalue weighted by atomic mass is 9.93. The maximum absolute atomic E-state index is 12.4. The number of urea groups is 1. The summed E-state index contributed by atoms with van der Waals surface area (Å²) in [5.74, 6) is 0.728. The molecule has 23 heavy (non-hydrogen) atoms. The SMILES string of the molecule is CCCCN(C)CC1CCN(C(=O)NC2CCC(O)CC2)CC1. The second-order valence-corrected chi connectivity index (χ2v) is 7.50. The number of hydrogen-bond acceptors (Lipinski definition) is 3.